The van der Waals surface area contributed by atoms with Crippen molar-refractivity contribution < 1.29 is 9.66 Å². The van der Waals surface area contributed by atoms with Crippen LogP contribution < -0.4 is 16.0 Å². The molecule has 0 aliphatic carbocycles. The fourth-order valence-electron chi connectivity index (χ4n) is 1.39. The average Bonchev–Trinajstić information content (AvgIpc) is 2.44. The molecule has 11 heteroatoms. The minimum atomic E-state index is -0.740. The Morgan fingerprint density at radius 1 is 1.19 bits per heavy atom. The van der Waals surface area contributed by atoms with E-state index in [1.807, 2.05) is 0 Å². The lowest BCUT2D eigenvalue weighted by atomic mass is 10.3. The first-order valence-corrected chi connectivity index (χ1v) is 6.35. The van der Waals surface area contributed by atoms with Gasteiger partial charge in [0.15, 0.2) is 0 Å². The summed E-state index contributed by atoms with van der Waals surface area (Å²) in [6, 6.07) is 2.66. The Bertz CT molecular complexity index is 713. The van der Waals surface area contributed by atoms with Crippen molar-refractivity contribution in [3.8, 4) is 11.6 Å². The minimum absolute atomic E-state index is 0.0517. The standard InChI is InChI=1S/C10H6Cl3N5O3/c11-4-1-6(13)7(2-5(4)12)21-10-8(18(19)20)9(17-14)15-3-16-10/h1-3H,14H2,(H,15,16,17). The van der Waals surface area contributed by atoms with Crippen LogP contribution in [0.1, 0.15) is 0 Å². The van der Waals surface area contributed by atoms with Crippen LogP contribution in [0.4, 0.5) is 11.5 Å². The highest BCUT2D eigenvalue weighted by Crippen LogP contribution is 2.39. The van der Waals surface area contributed by atoms with E-state index in [1.165, 1.54) is 12.1 Å². The first kappa shape index (κ1) is 15.5. The molecule has 0 aliphatic rings. The summed E-state index contributed by atoms with van der Waals surface area (Å²) in [6.45, 7) is 0. The number of nitrogens with zero attached hydrogens (tertiary/aromatic N) is 3. The minimum Gasteiger partial charge on any atom is -0.432 e. The third kappa shape index (κ3) is 3.24. The molecular weight excluding hydrogens is 345 g/mol. The van der Waals surface area contributed by atoms with Gasteiger partial charge in [0.25, 0.3) is 0 Å². The molecule has 0 bridgehead atoms. The van der Waals surface area contributed by atoms with Gasteiger partial charge in [-0.1, -0.05) is 34.8 Å². The number of aromatic nitrogens is 2. The molecule has 0 atom stereocenters. The van der Waals surface area contributed by atoms with Crippen molar-refractivity contribution in [2.75, 3.05) is 5.43 Å². The fourth-order valence-corrected chi connectivity index (χ4v) is 1.97. The molecule has 0 unspecified atom stereocenters. The van der Waals surface area contributed by atoms with Crippen molar-refractivity contribution in [1.29, 1.82) is 0 Å². The Morgan fingerprint density at radius 3 is 2.48 bits per heavy atom. The lowest BCUT2D eigenvalue weighted by Crippen LogP contribution is -2.12. The Morgan fingerprint density at radius 2 is 1.86 bits per heavy atom. The number of hydrazine groups is 1. The highest BCUT2D eigenvalue weighted by Gasteiger charge is 2.25. The second-order valence-corrected chi connectivity index (χ2v) is 4.80. The highest BCUT2D eigenvalue weighted by atomic mass is 35.5. The molecule has 2 aromatic rings. The maximum atomic E-state index is 11.1. The maximum Gasteiger partial charge on any atom is 0.374 e. The first-order valence-electron chi connectivity index (χ1n) is 5.22. The molecule has 3 N–H and O–H groups in total. The summed E-state index contributed by atoms with van der Waals surface area (Å²) in [7, 11) is 0. The third-order valence-electron chi connectivity index (χ3n) is 2.29. The van der Waals surface area contributed by atoms with Gasteiger partial charge in [0.2, 0.25) is 5.82 Å². The second-order valence-electron chi connectivity index (χ2n) is 3.58. The second kappa shape index (κ2) is 6.27. The van der Waals surface area contributed by atoms with Crippen molar-refractivity contribution in [1.82, 2.24) is 9.97 Å². The molecule has 2 rings (SSSR count). The van der Waals surface area contributed by atoms with Gasteiger partial charge in [-0.25, -0.2) is 10.8 Å². The number of nitrogens with two attached hydrogens (primary N) is 1. The third-order valence-corrected chi connectivity index (χ3v) is 3.31. The van der Waals surface area contributed by atoms with Crippen LogP contribution in [0.15, 0.2) is 18.5 Å². The SMILES string of the molecule is NNc1ncnc(Oc2cc(Cl)c(Cl)cc2Cl)c1[N+](=O)[O-]. The normalized spacial score (nSPS) is 10.3. The van der Waals surface area contributed by atoms with Crippen LogP contribution in [0.25, 0.3) is 0 Å². The van der Waals surface area contributed by atoms with E-state index in [9.17, 15) is 10.1 Å². The molecule has 21 heavy (non-hydrogen) atoms. The van der Waals surface area contributed by atoms with E-state index in [2.05, 4.69) is 15.4 Å². The van der Waals surface area contributed by atoms with Crippen molar-refractivity contribution in [2.24, 2.45) is 5.84 Å². The number of nitro groups is 1. The fraction of sp³-hybridized carbons (Fsp3) is 0. The molecule has 0 spiro atoms. The van der Waals surface area contributed by atoms with Crippen molar-refractivity contribution in [3.63, 3.8) is 0 Å². The van der Waals surface area contributed by atoms with E-state index in [-0.39, 0.29) is 32.5 Å². The number of ether oxygens (including phenoxy) is 1. The Hall–Kier alpha value is -1.87. The van der Waals surface area contributed by atoms with Crippen LogP contribution in [-0.4, -0.2) is 14.9 Å². The lowest BCUT2D eigenvalue weighted by molar-refractivity contribution is -0.385. The predicted octanol–water partition coefficient (Wildman–Crippen LogP) is 3.42. The Kier molecular flexibility index (Phi) is 4.63. The molecule has 0 saturated heterocycles. The van der Waals surface area contributed by atoms with Crippen LogP contribution in [0, 0.1) is 10.1 Å². The molecule has 1 aromatic heterocycles. The van der Waals surface area contributed by atoms with Gasteiger partial charge in [-0.2, -0.15) is 4.98 Å². The van der Waals surface area contributed by atoms with Gasteiger partial charge in [0.05, 0.1) is 20.0 Å². The number of anilines is 1. The van der Waals surface area contributed by atoms with Crippen molar-refractivity contribution in [3.05, 3.63) is 43.6 Å². The number of halogens is 3. The Labute approximate surface area is 132 Å². The smallest absolute Gasteiger partial charge is 0.374 e. The van der Waals surface area contributed by atoms with E-state index >= 15 is 0 Å². The summed E-state index contributed by atoms with van der Waals surface area (Å²) < 4.78 is 5.32. The summed E-state index contributed by atoms with van der Waals surface area (Å²) in [5, 5.41) is 11.6. The van der Waals surface area contributed by atoms with Crippen molar-refractivity contribution in [2.45, 2.75) is 0 Å². The molecular formula is C10H6Cl3N5O3. The van der Waals surface area contributed by atoms with E-state index in [0.29, 0.717) is 0 Å². The molecule has 1 aromatic carbocycles. The zero-order valence-corrected chi connectivity index (χ0v) is 12.3. The summed E-state index contributed by atoms with van der Waals surface area (Å²) in [4.78, 5) is 17.6. The molecule has 0 aliphatic heterocycles. The molecule has 1 heterocycles. The van der Waals surface area contributed by atoms with Crippen molar-refractivity contribution >= 4 is 46.3 Å². The topological polar surface area (TPSA) is 116 Å². The van der Waals surface area contributed by atoms with Crippen LogP contribution in [0.2, 0.25) is 15.1 Å². The number of rotatable bonds is 4. The van der Waals surface area contributed by atoms with Crippen LogP contribution >= 0.6 is 34.8 Å². The molecule has 0 fully saturated rings. The summed E-state index contributed by atoms with van der Waals surface area (Å²) in [6.07, 6.45) is 1.04. The number of benzene rings is 1. The van der Waals surface area contributed by atoms with E-state index in [1.54, 1.807) is 0 Å². The maximum absolute atomic E-state index is 11.1. The number of hydrogen-bond acceptors (Lipinski definition) is 7. The zero-order chi connectivity index (χ0) is 15.6. The number of hydrogen-bond donors (Lipinski definition) is 2. The van der Waals surface area contributed by atoms with Gasteiger partial charge in [-0.3, -0.25) is 10.1 Å². The van der Waals surface area contributed by atoms with Gasteiger partial charge in [-0.15, -0.1) is 0 Å². The zero-order valence-electron chi connectivity index (χ0n) is 10.0. The van der Waals surface area contributed by atoms with Crippen LogP contribution in [0.5, 0.6) is 11.6 Å². The molecule has 110 valence electrons. The van der Waals surface area contributed by atoms with Crippen LogP contribution in [0.3, 0.4) is 0 Å². The largest absolute Gasteiger partial charge is 0.432 e. The van der Waals surface area contributed by atoms with E-state index in [0.717, 1.165) is 6.33 Å². The average molecular weight is 351 g/mol. The summed E-state index contributed by atoms with van der Waals surface area (Å²) >= 11 is 17.6. The molecule has 8 nitrogen and oxygen atoms in total. The lowest BCUT2D eigenvalue weighted by Gasteiger charge is -2.09. The van der Waals surface area contributed by atoms with E-state index < -0.39 is 10.6 Å². The first-order chi connectivity index (χ1) is 9.93. The van der Waals surface area contributed by atoms with Gasteiger partial charge >= 0.3 is 11.6 Å². The van der Waals surface area contributed by atoms with Gasteiger partial charge in [0.1, 0.15) is 12.1 Å². The van der Waals surface area contributed by atoms with E-state index in [4.69, 9.17) is 45.4 Å². The molecule has 0 amide bonds. The van der Waals surface area contributed by atoms with Gasteiger partial charge in [0, 0.05) is 6.07 Å². The van der Waals surface area contributed by atoms with Gasteiger partial charge < -0.3 is 10.2 Å². The molecule has 0 radical (unpaired) electrons. The Balaban J connectivity index is 2.49. The number of nitrogen functional groups attached to an aromatic ring is 1. The quantitative estimate of drug-likeness (QED) is 0.375. The molecule has 0 saturated carbocycles. The predicted molar refractivity (Wildman–Crippen MR) is 78.0 cm³/mol. The summed E-state index contributed by atoms with van der Waals surface area (Å²) in [5.74, 6) is 4.66. The summed E-state index contributed by atoms with van der Waals surface area (Å²) in [5.41, 5.74) is 1.55. The highest BCUT2D eigenvalue weighted by molar-refractivity contribution is 6.43. The van der Waals surface area contributed by atoms with Gasteiger partial charge in [-0.05, 0) is 6.07 Å². The number of nitrogens with one attached hydrogen (secondary N) is 1. The monoisotopic (exact) mass is 349 g/mol. The van der Waals surface area contributed by atoms with Crippen LogP contribution in [-0.2, 0) is 0 Å².